The minimum atomic E-state index is -1.03. The van der Waals surface area contributed by atoms with Crippen LogP contribution in [0.1, 0.15) is 24.9 Å². The highest BCUT2D eigenvalue weighted by molar-refractivity contribution is 6.24. The predicted octanol–water partition coefficient (Wildman–Crippen LogP) is 4.24. The van der Waals surface area contributed by atoms with Gasteiger partial charge in [0, 0.05) is 5.56 Å². The molecule has 2 heterocycles. The summed E-state index contributed by atoms with van der Waals surface area (Å²) in [6.45, 7) is 2.60. The highest BCUT2D eigenvalue weighted by atomic mass is 16.7. The number of aromatic hydroxyl groups is 1. The summed E-state index contributed by atoms with van der Waals surface area (Å²) in [4.78, 5) is 34.5. The number of amides is 2. The van der Waals surface area contributed by atoms with Crippen molar-refractivity contribution >= 4 is 23.2 Å². The number of benzene rings is 3. The van der Waals surface area contributed by atoms with Crippen LogP contribution in [0.25, 0.3) is 0 Å². The van der Waals surface area contributed by atoms with Gasteiger partial charge in [0.2, 0.25) is 5.91 Å². The summed E-state index contributed by atoms with van der Waals surface area (Å²) in [5.74, 6) is -0.866. The fourth-order valence-corrected chi connectivity index (χ4v) is 4.64. The minimum Gasteiger partial charge on any atom is -0.504 e. The third-order valence-corrected chi connectivity index (χ3v) is 6.26. The van der Waals surface area contributed by atoms with Gasteiger partial charge in [-0.05, 0) is 48.9 Å². The quantitative estimate of drug-likeness (QED) is 0.513. The summed E-state index contributed by atoms with van der Waals surface area (Å²) >= 11 is 0. The van der Waals surface area contributed by atoms with Gasteiger partial charge < -0.3 is 14.6 Å². The van der Waals surface area contributed by atoms with Gasteiger partial charge in [0.05, 0.1) is 25.1 Å². The Morgan fingerprint density at radius 1 is 0.914 bits per heavy atom. The van der Waals surface area contributed by atoms with E-state index in [2.05, 4.69) is 0 Å². The lowest BCUT2D eigenvalue weighted by molar-refractivity contribution is -0.126. The van der Waals surface area contributed by atoms with E-state index in [4.69, 9.17) is 14.3 Å². The predicted molar refractivity (Wildman–Crippen MR) is 129 cm³/mol. The first kappa shape index (κ1) is 22.7. The van der Waals surface area contributed by atoms with Crippen LogP contribution < -0.4 is 19.4 Å². The van der Waals surface area contributed by atoms with E-state index >= 15 is 0 Å². The van der Waals surface area contributed by atoms with E-state index in [9.17, 15) is 14.7 Å². The molecule has 2 aliphatic heterocycles. The van der Waals surface area contributed by atoms with Crippen LogP contribution in [0.3, 0.4) is 0 Å². The van der Waals surface area contributed by atoms with Crippen molar-refractivity contribution < 1.29 is 29.0 Å². The largest absolute Gasteiger partial charge is 0.504 e. The number of methoxy groups -OCH3 is 1. The molecule has 2 amide bonds. The minimum absolute atomic E-state index is 0.0960. The number of para-hydroxylation sites is 2. The third kappa shape index (κ3) is 3.85. The number of phenolic OH excluding ortho intramolecular Hbond substituents is 1. The van der Waals surface area contributed by atoms with Gasteiger partial charge in [-0.2, -0.15) is 0 Å². The van der Waals surface area contributed by atoms with Crippen LogP contribution in [0, 0.1) is 5.92 Å². The molecule has 3 aromatic carbocycles. The lowest BCUT2D eigenvalue weighted by Crippen LogP contribution is -2.37. The van der Waals surface area contributed by atoms with E-state index in [1.165, 1.54) is 7.11 Å². The molecular weight excluding hydrogens is 448 g/mol. The van der Waals surface area contributed by atoms with E-state index in [0.717, 1.165) is 11.3 Å². The Balaban J connectivity index is 1.54. The van der Waals surface area contributed by atoms with Crippen LogP contribution in [0.2, 0.25) is 0 Å². The van der Waals surface area contributed by atoms with Crippen molar-refractivity contribution in [1.29, 1.82) is 0 Å². The molecule has 8 heteroatoms. The molecule has 5 rings (SSSR count). The number of carbonyl (C=O) groups excluding carboxylic acids is 2. The van der Waals surface area contributed by atoms with Gasteiger partial charge >= 0.3 is 0 Å². The average molecular weight is 475 g/mol. The maximum absolute atomic E-state index is 13.7. The Morgan fingerprint density at radius 3 is 2.34 bits per heavy atom. The lowest BCUT2D eigenvalue weighted by Gasteiger charge is -2.29. The van der Waals surface area contributed by atoms with Gasteiger partial charge in [0.15, 0.2) is 17.6 Å². The maximum atomic E-state index is 13.7. The molecule has 0 bridgehead atoms. The van der Waals surface area contributed by atoms with Gasteiger partial charge in [0.1, 0.15) is 17.7 Å². The normalized spacial score (nSPS) is 21.4. The lowest BCUT2D eigenvalue weighted by atomic mass is 9.90. The molecule has 8 nitrogen and oxygen atoms in total. The summed E-state index contributed by atoms with van der Waals surface area (Å²) in [5.41, 5.74) is 1.55. The molecule has 3 aromatic rings. The monoisotopic (exact) mass is 474 g/mol. The Bertz CT molecular complexity index is 1230. The highest BCUT2D eigenvalue weighted by Crippen LogP contribution is 2.50. The third-order valence-electron chi connectivity index (χ3n) is 6.26. The first-order chi connectivity index (χ1) is 17.0. The molecule has 1 N–H and O–H groups in total. The average Bonchev–Trinajstić information content (AvgIpc) is 3.39. The standard InChI is InChI=1S/C27H26N2O6/c1-3-16-34-19-14-12-17(13-15-19)28-26(31)22-23(20-10-7-11-21(33-2)24(20)30)29(35-25(22)27(28)32)18-8-5-4-6-9-18/h4-15,22-23,25,30H,3,16H2,1-2H3/t22-,23-,25+/m0/s1. The van der Waals surface area contributed by atoms with Crippen molar-refractivity contribution in [3.8, 4) is 17.2 Å². The number of hydrogen-bond donors (Lipinski definition) is 1. The number of nitrogens with zero attached hydrogens (tertiary/aromatic N) is 2. The number of carbonyl (C=O) groups is 2. The Labute approximate surface area is 203 Å². The van der Waals surface area contributed by atoms with Crippen molar-refractivity contribution in [2.75, 3.05) is 23.7 Å². The number of phenols is 1. The van der Waals surface area contributed by atoms with E-state index in [1.54, 1.807) is 47.5 Å². The highest BCUT2D eigenvalue weighted by Gasteiger charge is 2.60. The molecule has 2 aliphatic rings. The molecule has 3 atom stereocenters. The van der Waals surface area contributed by atoms with Gasteiger partial charge in [0.25, 0.3) is 5.91 Å². The maximum Gasteiger partial charge on any atom is 0.266 e. The van der Waals surface area contributed by atoms with E-state index < -0.39 is 29.9 Å². The number of hydroxylamine groups is 1. The Hall–Kier alpha value is -4.04. The summed E-state index contributed by atoms with van der Waals surface area (Å²) < 4.78 is 10.9. The topological polar surface area (TPSA) is 88.5 Å². The molecule has 35 heavy (non-hydrogen) atoms. The molecule has 0 saturated carbocycles. The summed E-state index contributed by atoms with van der Waals surface area (Å²) in [7, 11) is 1.46. The van der Waals surface area contributed by atoms with Crippen LogP contribution in [-0.2, 0) is 14.4 Å². The van der Waals surface area contributed by atoms with Crippen LogP contribution in [-0.4, -0.2) is 36.7 Å². The molecule has 0 radical (unpaired) electrons. The van der Waals surface area contributed by atoms with Crippen molar-refractivity contribution in [2.24, 2.45) is 5.92 Å². The van der Waals surface area contributed by atoms with Crippen LogP contribution in [0.4, 0.5) is 11.4 Å². The Morgan fingerprint density at radius 2 is 1.66 bits per heavy atom. The van der Waals surface area contributed by atoms with Gasteiger partial charge in [-0.3, -0.25) is 14.4 Å². The molecule has 2 saturated heterocycles. The zero-order chi connectivity index (χ0) is 24.5. The second kappa shape index (κ2) is 9.31. The summed E-state index contributed by atoms with van der Waals surface area (Å²) in [6, 6.07) is 20.4. The number of rotatable bonds is 7. The first-order valence-corrected chi connectivity index (χ1v) is 11.5. The number of fused-ring (bicyclic) bond motifs is 1. The van der Waals surface area contributed by atoms with Gasteiger partial charge in [-0.15, -0.1) is 0 Å². The molecule has 0 aromatic heterocycles. The van der Waals surface area contributed by atoms with E-state index in [-0.39, 0.29) is 11.5 Å². The zero-order valence-electron chi connectivity index (χ0n) is 19.5. The van der Waals surface area contributed by atoms with E-state index in [0.29, 0.717) is 29.3 Å². The number of hydrogen-bond acceptors (Lipinski definition) is 7. The van der Waals surface area contributed by atoms with Gasteiger partial charge in [-0.25, -0.2) is 9.96 Å². The number of imide groups is 1. The van der Waals surface area contributed by atoms with Crippen LogP contribution in [0.15, 0.2) is 72.8 Å². The second-order valence-electron chi connectivity index (χ2n) is 8.41. The van der Waals surface area contributed by atoms with Crippen molar-refractivity contribution in [2.45, 2.75) is 25.5 Å². The van der Waals surface area contributed by atoms with Crippen LogP contribution >= 0.6 is 0 Å². The Kier molecular flexibility index (Phi) is 6.05. The zero-order valence-corrected chi connectivity index (χ0v) is 19.5. The molecule has 180 valence electrons. The SMILES string of the molecule is CCCOc1ccc(N2C(=O)[C@@H]3[C@@H](ON(c4ccccc4)[C@H]3c3cccc(OC)c3O)C2=O)cc1. The molecule has 0 spiro atoms. The second-order valence-corrected chi connectivity index (χ2v) is 8.41. The fourth-order valence-electron chi connectivity index (χ4n) is 4.64. The molecular formula is C27H26N2O6. The fraction of sp³-hybridized carbons (Fsp3) is 0.259. The number of anilines is 2. The smallest absolute Gasteiger partial charge is 0.266 e. The molecule has 2 fully saturated rings. The van der Waals surface area contributed by atoms with Crippen molar-refractivity contribution in [1.82, 2.24) is 0 Å². The van der Waals surface area contributed by atoms with Crippen molar-refractivity contribution in [3.05, 3.63) is 78.4 Å². The molecule has 0 unspecified atom stereocenters. The van der Waals surface area contributed by atoms with Crippen LogP contribution in [0.5, 0.6) is 17.2 Å². The first-order valence-electron chi connectivity index (χ1n) is 11.5. The number of ether oxygens (including phenoxy) is 2. The van der Waals surface area contributed by atoms with Gasteiger partial charge in [-0.1, -0.05) is 37.3 Å². The summed E-state index contributed by atoms with van der Waals surface area (Å²) in [6.07, 6.45) is -0.156. The summed E-state index contributed by atoms with van der Waals surface area (Å²) in [5, 5.41) is 12.5. The van der Waals surface area contributed by atoms with E-state index in [1.807, 2.05) is 37.3 Å². The molecule has 0 aliphatic carbocycles. The van der Waals surface area contributed by atoms with Crippen molar-refractivity contribution in [3.63, 3.8) is 0 Å².